The molecule has 0 fully saturated rings. The third-order valence-electron chi connectivity index (χ3n) is 4.35. The number of carbonyl (C=O) groups excluding carboxylic acids is 3. The second-order valence-electron chi connectivity index (χ2n) is 6.39. The van der Waals surface area contributed by atoms with Gasteiger partial charge in [-0.15, -0.1) is 0 Å². The maximum Gasteiger partial charge on any atom is 0.323 e. The first-order valence-electron chi connectivity index (χ1n) is 8.85. The summed E-state index contributed by atoms with van der Waals surface area (Å²) in [7, 11) is 1.58. The van der Waals surface area contributed by atoms with Gasteiger partial charge < -0.3 is 20.7 Å². The molecule has 0 aromatic heterocycles. The molecule has 3 N–H and O–H groups in total. The summed E-state index contributed by atoms with van der Waals surface area (Å²) >= 11 is 0. The Balaban J connectivity index is 1.59. The van der Waals surface area contributed by atoms with Crippen LogP contribution in [0.4, 0.5) is 16.2 Å². The first kappa shape index (κ1) is 19.2. The number of ether oxygens (including phenoxy) is 1. The van der Waals surface area contributed by atoms with Crippen molar-refractivity contribution in [2.24, 2.45) is 0 Å². The zero-order valence-corrected chi connectivity index (χ0v) is 15.7. The normalized spacial score (nSPS) is 13.8. The molecule has 28 heavy (non-hydrogen) atoms. The summed E-state index contributed by atoms with van der Waals surface area (Å²) in [4.78, 5) is 38.1. The molecule has 1 heterocycles. The smallest absolute Gasteiger partial charge is 0.323 e. The Kier molecular flexibility index (Phi) is 5.78. The lowest BCUT2D eigenvalue weighted by Crippen LogP contribution is -2.52. The Hall–Kier alpha value is -3.55. The van der Waals surface area contributed by atoms with Crippen LogP contribution < -0.4 is 25.6 Å². The van der Waals surface area contributed by atoms with Crippen LogP contribution in [0.2, 0.25) is 0 Å². The number of nitrogens with zero attached hydrogens (tertiary/aromatic N) is 1. The molecule has 0 radical (unpaired) electrons. The summed E-state index contributed by atoms with van der Waals surface area (Å²) in [5, 5.41) is 8.14. The number of carbonyl (C=O) groups is 3. The van der Waals surface area contributed by atoms with E-state index in [0.717, 1.165) is 5.56 Å². The lowest BCUT2D eigenvalue weighted by Gasteiger charge is -2.30. The fourth-order valence-corrected chi connectivity index (χ4v) is 2.87. The van der Waals surface area contributed by atoms with E-state index in [0.29, 0.717) is 23.7 Å². The molecule has 0 saturated carbocycles. The van der Waals surface area contributed by atoms with Gasteiger partial charge in [0.2, 0.25) is 11.8 Å². The highest BCUT2D eigenvalue weighted by molar-refractivity contribution is 6.09. The fourth-order valence-electron chi connectivity index (χ4n) is 2.87. The van der Waals surface area contributed by atoms with E-state index in [4.69, 9.17) is 4.74 Å². The standard InChI is InChI=1S/C20H22N4O4/c1-13(19(26)21-11-14-6-5-7-15(10-14)28-2)22-20(27)24-12-18(25)23-16-8-3-4-9-17(16)24/h3-10,13H,11-12H2,1-2H3,(H,21,26)(H,22,27)(H,23,25)/t13-/m1/s1. The van der Waals surface area contributed by atoms with Crippen LogP contribution >= 0.6 is 0 Å². The average Bonchev–Trinajstić information content (AvgIpc) is 2.71. The Bertz CT molecular complexity index is 899. The molecular formula is C20H22N4O4. The van der Waals surface area contributed by atoms with E-state index in [2.05, 4.69) is 16.0 Å². The van der Waals surface area contributed by atoms with Crippen LogP contribution in [0.5, 0.6) is 5.75 Å². The van der Waals surface area contributed by atoms with Gasteiger partial charge in [-0.2, -0.15) is 0 Å². The van der Waals surface area contributed by atoms with Crippen molar-refractivity contribution in [3.05, 3.63) is 54.1 Å². The third-order valence-corrected chi connectivity index (χ3v) is 4.35. The maximum absolute atomic E-state index is 12.6. The van der Waals surface area contributed by atoms with Crippen molar-refractivity contribution in [2.45, 2.75) is 19.5 Å². The van der Waals surface area contributed by atoms with Gasteiger partial charge in [0.1, 0.15) is 18.3 Å². The number of anilines is 2. The largest absolute Gasteiger partial charge is 0.497 e. The van der Waals surface area contributed by atoms with E-state index in [1.807, 2.05) is 24.3 Å². The van der Waals surface area contributed by atoms with Gasteiger partial charge in [0, 0.05) is 6.54 Å². The van der Waals surface area contributed by atoms with E-state index < -0.39 is 12.1 Å². The van der Waals surface area contributed by atoms with Crippen molar-refractivity contribution in [2.75, 3.05) is 23.9 Å². The lowest BCUT2D eigenvalue weighted by molar-refractivity contribution is -0.122. The van der Waals surface area contributed by atoms with Gasteiger partial charge in [-0.1, -0.05) is 24.3 Å². The lowest BCUT2D eigenvalue weighted by atomic mass is 10.2. The zero-order chi connectivity index (χ0) is 20.1. The number of rotatable bonds is 5. The van der Waals surface area contributed by atoms with Crippen LogP contribution in [0.3, 0.4) is 0 Å². The topological polar surface area (TPSA) is 99.8 Å². The quantitative estimate of drug-likeness (QED) is 0.735. The van der Waals surface area contributed by atoms with Gasteiger partial charge in [-0.05, 0) is 36.8 Å². The van der Waals surface area contributed by atoms with Gasteiger partial charge in [0.15, 0.2) is 0 Å². The predicted molar refractivity (Wildman–Crippen MR) is 105 cm³/mol. The summed E-state index contributed by atoms with van der Waals surface area (Å²) in [6.45, 7) is 1.79. The maximum atomic E-state index is 12.6. The zero-order valence-electron chi connectivity index (χ0n) is 15.7. The summed E-state index contributed by atoms with van der Waals surface area (Å²) in [5.74, 6) is 0.0880. The number of nitrogens with one attached hydrogen (secondary N) is 3. The third kappa shape index (κ3) is 4.40. The van der Waals surface area contributed by atoms with E-state index in [9.17, 15) is 14.4 Å². The van der Waals surface area contributed by atoms with Gasteiger partial charge in [0.05, 0.1) is 18.5 Å². The fraction of sp³-hybridized carbons (Fsp3) is 0.250. The predicted octanol–water partition coefficient (Wildman–Crippen LogP) is 1.87. The van der Waals surface area contributed by atoms with Gasteiger partial charge in [-0.3, -0.25) is 14.5 Å². The molecule has 3 rings (SSSR count). The highest BCUT2D eigenvalue weighted by atomic mass is 16.5. The molecule has 8 nitrogen and oxygen atoms in total. The van der Waals surface area contributed by atoms with Gasteiger partial charge in [0.25, 0.3) is 0 Å². The second kappa shape index (κ2) is 8.43. The van der Waals surface area contributed by atoms with Crippen LogP contribution in [0, 0.1) is 0 Å². The van der Waals surface area contributed by atoms with Crippen molar-refractivity contribution >= 4 is 29.2 Å². The van der Waals surface area contributed by atoms with E-state index in [1.165, 1.54) is 4.90 Å². The second-order valence-corrected chi connectivity index (χ2v) is 6.39. The Labute approximate surface area is 162 Å². The summed E-state index contributed by atoms with van der Waals surface area (Å²) < 4.78 is 5.16. The SMILES string of the molecule is COc1cccc(CNC(=O)[C@@H](C)NC(=O)N2CC(=O)Nc3ccccc32)c1. The van der Waals surface area contributed by atoms with Crippen molar-refractivity contribution in [1.29, 1.82) is 0 Å². The molecule has 0 spiro atoms. The number of hydrogen-bond donors (Lipinski definition) is 3. The minimum atomic E-state index is -0.768. The Morgan fingerprint density at radius 2 is 2.00 bits per heavy atom. The highest BCUT2D eigenvalue weighted by Crippen LogP contribution is 2.28. The molecule has 0 bridgehead atoms. The molecule has 4 amide bonds. The molecular weight excluding hydrogens is 360 g/mol. The van der Waals surface area contributed by atoms with Crippen LogP contribution in [0.25, 0.3) is 0 Å². The molecule has 0 aliphatic carbocycles. The molecule has 0 unspecified atom stereocenters. The first-order chi connectivity index (χ1) is 13.5. The number of methoxy groups -OCH3 is 1. The highest BCUT2D eigenvalue weighted by Gasteiger charge is 2.28. The van der Waals surface area contributed by atoms with Crippen LogP contribution in [0.1, 0.15) is 12.5 Å². The van der Waals surface area contributed by atoms with E-state index in [1.54, 1.807) is 38.3 Å². The molecule has 1 aliphatic heterocycles. The summed E-state index contributed by atoms with van der Waals surface area (Å²) in [6, 6.07) is 13.1. The molecule has 2 aromatic rings. The van der Waals surface area contributed by atoms with Crippen molar-refractivity contribution in [1.82, 2.24) is 10.6 Å². The van der Waals surface area contributed by atoms with Gasteiger partial charge in [-0.25, -0.2) is 4.79 Å². The summed E-state index contributed by atoms with van der Waals surface area (Å²) in [6.07, 6.45) is 0. The number of benzene rings is 2. The number of amides is 4. The number of urea groups is 1. The average molecular weight is 382 g/mol. The monoisotopic (exact) mass is 382 g/mol. The molecule has 0 saturated heterocycles. The van der Waals surface area contributed by atoms with Gasteiger partial charge >= 0.3 is 6.03 Å². The molecule has 1 atom stereocenters. The van der Waals surface area contributed by atoms with Crippen LogP contribution in [0.15, 0.2) is 48.5 Å². The van der Waals surface area contributed by atoms with Crippen molar-refractivity contribution in [3.8, 4) is 5.75 Å². The van der Waals surface area contributed by atoms with E-state index in [-0.39, 0.29) is 18.4 Å². The van der Waals surface area contributed by atoms with Crippen LogP contribution in [-0.4, -0.2) is 37.5 Å². The summed E-state index contributed by atoms with van der Waals surface area (Å²) in [5.41, 5.74) is 2.03. The van der Waals surface area contributed by atoms with Crippen molar-refractivity contribution in [3.63, 3.8) is 0 Å². The Morgan fingerprint density at radius 1 is 1.21 bits per heavy atom. The number of hydrogen-bond acceptors (Lipinski definition) is 4. The first-order valence-corrected chi connectivity index (χ1v) is 8.85. The minimum absolute atomic E-state index is 0.110. The molecule has 8 heteroatoms. The van der Waals surface area contributed by atoms with E-state index >= 15 is 0 Å². The molecule has 1 aliphatic rings. The van der Waals surface area contributed by atoms with Crippen molar-refractivity contribution < 1.29 is 19.1 Å². The molecule has 2 aromatic carbocycles. The Morgan fingerprint density at radius 3 is 2.79 bits per heavy atom. The molecule has 146 valence electrons. The van der Waals surface area contributed by atoms with Crippen LogP contribution in [-0.2, 0) is 16.1 Å². The number of para-hydroxylation sites is 2. The minimum Gasteiger partial charge on any atom is -0.497 e. The number of fused-ring (bicyclic) bond motifs is 1.